The van der Waals surface area contributed by atoms with Crippen molar-refractivity contribution in [1.82, 2.24) is 10.2 Å². The van der Waals surface area contributed by atoms with Gasteiger partial charge in [-0.3, -0.25) is 13.9 Å². The SMILES string of the molecule is CCNC(=O)C(CC)N(Cc1ccccc1Cl)C(=O)CN(c1ccccc1C)S(=O)(=O)c1ccc(C)cc1. The van der Waals surface area contributed by atoms with E-state index in [-0.39, 0.29) is 17.3 Å². The van der Waals surface area contributed by atoms with E-state index in [9.17, 15) is 18.0 Å². The standard InChI is InChI=1S/C29H34ClN3O4S/c1-5-26(29(35)31-6-2)32(19-23-12-8-9-13-25(23)30)28(34)20-33(27-14-10-7-11-22(27)4)38(36,37)24-17-15-21(3)16-18-24/h7-18,26H,5-6,19-20H2,1-4H3,(H,31,35). The number of halogens is 1. The minimum absolute atomic E-state index is 0.0559. The number of nitrogens with zero attached hydrogens (tertiary/aromatic N) is 2. The lowest BCUT2D eigenvalue weighted by molar-refractivity contribution is -0.140. The Balaban J connectivity index is 2.08. The molecular formula is C29H34ClN3O4S. The van der Waals surface area contributed by atoms with Crippen LogP contribution in [0.15, 0.2) is 77.7 Å². The van der Waals surface area contributed by atoms with Crippen molar-refractivity contribution in [3.63, 3.8) is 0 Å². The highest BCUT2D eigenvalue weighted by atomic mass is 35.5. The van der Waals surface area contributed by atoms with Gasteiger partial charge in [-0.25, -0.2) is 8.42 Å². The highest BCUT2D eigenvalue weighted by molar-refractivity contribution is 7.92. The lowest BCUT2D eigenvalue weighted by Crippen LogP contribution is -2.52. The fourth-order valence-corrected chi connectivity index (χ4v) is 5.89. The number of aryl methyl sites for hydroxylation is 2. The van der Waals surface area contributed by atoms with Gasteiger partial charge in [0, 0.05) is 18.1 Å². The van der Waals surface area contributed by atoms with Gasteiger partial charge in [0.2, 0.25) is 11.8 Å². The van der Waals surface area contributed by atoms with Gasteiger partial charge in [0.05, 0.1) is 10.6 Å². The van der Waals surface area contributed by atoms with Crippen LogP contribution in [0.5, 0.6) is 0 Å². The van der Waals surface area contributed by atoms with Gasteiger partial charge in [0.1, 0.15) is 12.6 Å². The first-order chi connectivity index (χ1) is 18.1. The molecule has 9 heteroatoms. The van der Waals surface area contributed by atoms with Crippen LogP contribution in [-0.4, -0.2) is 44.3 Å². The average Bonchev–Trinajstić information content (AvgIpc) is 2.89. The lowest BCUT2D eigenvalue weighted by atomic mass is 10.1. The second kappa shape index (κ2) is 12.9. The molecule has 2 amide bonds. The molecule has 3 rings (SSSR count). The maximum atomic E-state index is 14.0. The molecule has 0 aliphatic rings. The number of anilines is 1. The molecule has 1 unspecified atom stereocenters. The van der Waals surface area contributed by atoms with E-state index in [1.807, 2.05) is 19.9 Å². The number of hydrogen-bond donors (Lipinski definition) is 1. The van der Waals surface area contributed by atoms with Crippen molar-refractivity contribution in [2.45, 2.75) is 51.6 Å². The Morgan fingerprint density at radius 1 is 0.921 bits per heavy atom. The Bertz CT molecular complexity index is 1380. The highest BCUT2D eigenvalue weighted by Crippen LogP contribution is 2.28. The lowest BCUT2D eigenvalue weighted by Gasteiger charge is -2.33. The number of para-hydroxylation sites is 1. The van der Waals surface area contributed by atoms with Crippen LogP contribution in [0.2, 0.25) is 5.02 Å². The average molecular weight is 556 g/mol. The summed E-state index contributed by atoms with van der Waals surface area (Å²) in [5.74, 6) is -0.818. The van der Waals surface area contributed by atoms with Crippen LogP contribution in [-0.2, 0) is 26.2 Å². The van der Waals surface area contributed by atoms with Crippen LogP contribution in [0, 0.1) is 13.8 Å². The zero-order chi connectivity index (χ0) is 27.9. The van der Waals surface area contributed by atoms with Crippen LogP contribution < -0.4 is 9.62 Å². The molecular weight excluding hydrogens is 522 g/mol. The second-order valence-corrected chi connectivity index (χ2v) is 11.3. The molecule has 0 radical (unpaired) electrons. The molecule has 0 heterocycles. The highest BCUT2D eigenvalue weighted by Gasteiger charge is 2.34. The van der Waals surface area contributed by atoms with Crippen LogP contribution in [0.3, 0.4) is 0 Å². The molecule has 0 saturated heterocycles. The van der Waals surface area contributed by atoms with Gasteiger partial charge in [-0.05, 0) is 62.6 Å². The number of nitrogens with one attached hydrogen (secondary N) is 1. The monoisotopic (exact) mass is 555 g/mol. The van der Waals surface area contributed by atoms with Gasteiger partial charge in [-0.15, -0.1) is 0 Å². The first kappa shape index (κ1) is 29.2. The number of benzene rings is 3. The summed E-state index contributed by atoms with van der Waals surface area (Å²) in [7, 11) is -4.11. The Morgan fingerprint density at radius 3 is 2.16 bits per heavy atom. The second-order valence-electron chi connectivity index (χ2n) is 9.04. The molecule has 1 N–H and O–H groups in total. The van der Waals surface area contributed by atoms with Crippen molar-refractivity contribution in [3.8, 4) is 0 Å². The summed E-state index contributed by atoms with van der Waals surface area (Å²) in [6.07, 6.45) is 0.344. The molecule has 0 bridgehead atoms. The van der Waals surface area contributed by atoms with E-state index in [0.29, 0.717) is 34.8 Å². The third-order valence-electron chi connectivity index (χ3n) is 6.31. The third-order valence-corrected chi connectivity index (χ3v) is 8.45. The predicted octanol–water partition coefficient (Wildman–Crippen LogP) is 5.10. The molecule has 0 aliphatic carbocycles. The van der Waals surface area contributed by atoms with Crippen LogP contribution in [0.1, 0.15) is 37.0 Å². The predicted molar refractivity (Wildman–Crippen MR) is 152 cm³/mol. The normalized spacial score (nSPS) is 12.0. The molecule has 3 aromatic rings. The molecule has 0 spiro atoms. The van der Waals surface area contributed by atoms with Crippen LogP contribution >= 0.6 is 11.6 Å². The quantitative estimate of drug-likeness (QED) is 0.357. The molecule has 0 aromatic heterocycles. The molecule has 3 aromatic carbocycles. The number of amides is 2. The molecule has 1 atom stereocenters. The minimum Gasteiger partial charge on any atom is -0.355 e. The van der Waals surface area contributed by atoms with E-state index in [2.05, 4.69) is 5.32 Å². The summed E-state index contributed by atoms with van der Waals surface area (Å²) >= 11 is 6.40. The Morgan fingerprint density at radius 2 is 1.55 bits per heavy atom. The van der Waals surface area contributed by atoms with E-state index < -0.39 is 28.5 Å². The number of hydrogen-bond acceptors (Lipinski definition) is 4. The van der Waals surface area contributed by atoms with Gasteiger partial charge < -0.3 is 10.2 Å². The van der Waals surface area contributed by atoms with Gasteiger partial charge in [0.25, 0.3) is 10.0 Å². The van der Waals surface area contributed by atoms with Gasteiger partial charge in [0.15, 0.2) is 0 Å². The summed E-state index contributed by atoms with van der Waals surface area (Å²) in [5.41, 5.74) is 2.67. The maximum Gasteiger partial charge on any atom is 0.264 e. The molecule has 0 aliphatic heterocycles. The topological polar surface area (TPSA) is 86.8 Å². The first-order valence-corrected chi connectivity index (χ1v) is 14.4. The van der Waals surface area contributed by atoms with Gasteiger partial charge >= 0.3 is 0 Å². The van der Waals surface area contributed by atoms with Crippen molar-refractivity contribution >= 4 is 39.1 Å². The van der Waals surface area contributed by atoms with Gasteiger partial charge in [-0.1, -0.05) is 72.6 Å². The van der Waals surface area contributed by atoms with Crippen molar-refractivity contribution in [2.24, 2.45) is 0 Å². The molecule has 7 nitrogen and oxygen atoms in total. The van der Waals surface area contributed by atoms with E-state index in [1.54, 1.807) is 68.4 Å². The summed E-state index contributed by atoms with van der Waals surface area (Å²) in [6, 6.07) is 19.8. The third kappa shape index (κ3) is 6.74. The fraction of sp³-hybridized carbons (Fsp3) is 0.310. The van der Waals surface area contributed by atoms with Crippen molar-refractivity contribution < 1.29 is 18.0 Å². The smallest absolute Gasteiger partial charge is 0.264 e. The van der Waals surface area contributed by atoms with E-state index in [0.717, 1.165) is 9.87 Å². The summed E-state index contributed by atoms with van der Waals surface area (Å²) in [6.45, 7) is 7.26. The Hall–Kier alpha value is -3.36. The minimum atomic E-state index is -4.11. The number of carbonyl (C=O) groups excluding carboxylic acids is 2. The van der Waals surface area contributed by atoms with Crippen molar-refractivity contribution in [1.29, 1.82) is 0 Å². The van der Waals surface area contributed by atoms with Crippen LogP contribution in [0.4, 0.5) is 5.69 Å². The van der Waals surface area contributed by atoms with E-state index in [1.165, 1.54) is 17.0 Å². The van der Waals surface area contributed by atoms with E-state index >= 15 is 0 Å². The summed E-state index contributed by atoms with van der Waals surface area (Å²) in [5, 5.41) is 3.25. The zero-order valence-electron chi connectivity index (χ0n) is 22.1. The number of rotatable bonds is 11. The zero-order valence-corrected chi connectivity index (χ0v) is 23.7. The fourth-order valence-electron chi connectivity index (χ4n) is 4.22. The maximum absolute atomic E-state index is 14.0. The largest absolute Gasteiger partial charge is 0.355 e. The Labute approximate surface area is 230 Å². The molecule has 202 valence electrons. The van der Waals surface area contributed by atoms with Crippen molar-refractivity contribution in [3.05, 3.63) is 94.5 Å². The van der Waals surface area contributed by atoms with Crippen LogP contribution in [0.25, 0.3) is 0 Å². The number of likely N-dealkylation sites (N-methyl/N-ethyl adjacent to an activating group) is 1. The molecule has 38 heavy (non-hydrogen) atoms. The Kier molecular flexibility index (Phi) is 9.94. The van der Waals surface area contributed by atoms with Gasteiger partial charge in [-0.2, -0.15) is 0 Å². The number of carbonyl (C=O) groups is 2. The summed E-state index contributed by atoms with van der Waals surface area (Å²) in [4.78, 5) is 28.5. The summed E-state index contributed by atoms with van der Waals surface area (Å²) < 4.78 is 28.9. The van der Waals surface area contributed by atoms with Crippen molar-refractivity contribution in [2.75, 3.05) is 17.4 Å². The van der Waals surface area contributed by atoms with E-state index in [4.69, 9.17) is 11.6 Å². The number of sulfonamides is 1. The molecule has 0 fully saturated rings. The first-order valence-electron chi connectivity index (χ1n) is 12.6. The molecule has 0 saturated carbocycles.